The summed E-state index contributed by atoms with van der Waals surface area (Å²) in [7, 11) is 0. The molecule has 0 heterocycles. The van der Waals surface area contributed by atoms with Crippen molar-refractivity contribution in [3.05, 3.63) is 29.8 Å². The van der Waals surface area contributed by atoms with Crippen molar-refractivity contribution in [1.29, 1.82) is 0 Å². The number of carbonyl (C=O) groups is 3. The van der Waals surface area contributed by atoms with E-state index in [1.165, 1.54) is 19.3 Å². The van der Waals surface area contributed by atoms with Crippen LogP contribution in [-0.2, 0) is 14.3 Å². The third-order valence-electron chi connectivity index (χ3n) is 5.85. The van der Waals surface area contributed by atoms with E-state index in [1.54, 1.807) is 24.3 Å². The normalized spacial score (nSPS) is 21.3. The number of rotatable bonds is 9. The molecule has 0 radical (unpaired) electrons. The van der Waals surface area contributed by atoms with Gasteiger partial charge in [-0.2, -0.15) is 0 Å². The molecule has 0 atom stereocenters. The molecule has 0 spiro atoms. The van der Waals surface area contributed by atoms with E-state index >= 15 is 0 Å². The quantitative estimate of drug-likeness (QED) is 0.612. The lowest BCUT2D eigenvalue weighted by Crippen LogP contribution is -2.29. The second kappa shape index (κ2) is 10.4. The zero-order valence-corrected chi connectivity index (χ0v) is 17.2. The Hall–Kier alpha value is -2.37. The summed E-state index contributed by atoms with van der Waals surface area (Å²) in [5.41, 5.74) is 0.854. The fourth-order valence-electron chi connectivity index (χ4n) is 3.90. The average Bonchev–Trinajstić information content (AvgIpc) is 3.55. The number of carbonyl (C=O) groups excluding carboxylic acids is 3. The van der Waals surface area contributed by atoms with Crippen LogP contribution in [0.1, 0.15) is 75.1 Å². The number of para-hydroxylation sites is 1. The van der Waals surface area contributed by atoms with E-state index in [9.17, 15) is 14.4 Å². The number of hydrogen-bond acceptors (Lipinski definition) is 4. The zero-order valence-electron chi connectivity index (χ0n) is 17.2. The lowest BCUT2D eigenvalue weighted by Gasteiger charge is -2.27. The second-order valence-electron chi connectivity index (χ2n) is 8.31. The Balaban J connectivity index is 1.43. The maximum Gasteiger partial charge on any atom is 0.309 e. The van der Waals surface area contributed by atoms with Crippen molar-refractivity contribution in [2.75, 3.05) is 11.9 Å². The summed E-state index contributed by atoms with van der Waals surface area (Å²) in [5.74, 6) is -0.284. The predicted molar refractivity (Wildman–Crippen MR) is 111 cm³/mol. The smallest absolute Gasteiger partial charge is 0.309 e. The molecule has 1 aromatic rings. The van der Waals surface area contributed by atoms with E-state index < -0.39 is 5.91 Å². The summed E-state index contributed by atoms with van der Waals surface area (Å²) in [5, 5.41) is 5.61. The van der Waals surface area contributed by atoms with Crippen LogP contribution in [-0.4, -0.2) is 30.4 Å². The summed E-state index contributed by atoms with van der Waals surface area (Å²) < 4.78 is 5.26. The third kappa shape index (κ3) is 6.58. The van der Waals surface area contributed by atoms with Crippen molar-refractivity contribution < 1.29 is 19.1 Å². The molecule has 0 aromatic heterocycles. The number of amides is 2. The maximum atomic E-state index is 12.3. The minimum Gasteiger partial charge on any atom is -0.455 e. The molecule has 0 unspecified atom stereocenters. The number of unbranched alkanes of at least 4 members (excludes halogenated alkanes) is 1. The zero-order chi connectivity index (χ0) is 20.6. The highest BCUT2D eigenvalue weighted by Gasteiger charge is 2.28. The first-order chi connectivity index (χ1) is 14.1. The molecule has 2 amide bonds. The average molecular weight is 401 g/mol. The van der Waals surface area contributed by atoms with Crippen LogP contribution in [0.5, 0.6) is 0 Å². The van der Waals surface area contributed by atoms with Crippen LogP contribution >= 0.6 is 0 Å². The van der Waals surface area contributed by atoms with Crippen LogP contribution in [0, 0.1) is 11.8 Å². The molecule has 6 nitrogen and oxygen atoms in total. The molecule has 1 aromatic carbocycles. The summed E-state index contributed by atoms with van der Waals surface area (Å²) in [6.45, 7) is 1.87. The van der Waals surface area contributed by atoms with Crippen LogP contribution in [0.25, 0.3) is 0 Å². The Morgan fingerprint density at radius 2 is 1.76 bits per heavy atom. The molecule has 2 N–H and O–H groups in total. The van der Waals surface area contributed by atoms with Crippen molar-refractivity contribution in [3.8, 4) is 0 Å². The second-order valence-corrected chi connectivity index (χ2v) is 8.31. The van der Waals surface area contributed by atoms with E-state index in [1.807, 2.05) is 0 Å². The van der Waals surface area contributed by atoms with Gasteiger partial charge in [0.05, 0.1) is 17.2 Å². The fourth-order valence-corrected chi connectivity index (χ4v) is 3.90. The van der Waals surface area contributed by atoms with Gasteiger partial charge in [-0.3, -0.25) is 14.4 Å². The molecule has 3 rings (SSSR count). The van der Waals surface area contributed by atoms with Gasteiger partial charge in [-0.1, -0.05) is 38.3 Å². The number of esters is 1. The van der Waals surface area contributed by atoms with E-state index in [0.717, 1.165) is 44.4 Å². The molecule has 6 heteroatoms. The van der Waals surface area contributed by atoms with Crippen LogP contribution in [0.2, 0.25) is 0 Å². The van der Waals surface area contributed by atoms with Crippen molar-refractivity contribution in [1.82, 2.24) is 5.32 Å². The van der Waals surface area contributed by atoms with Gasteiger partial charge in [0.2, 0.25) is 0 Å². The first-order valence-corrected chi connectivity index (χ1v) is 10.9. The summed E-state index contributed by atoms with van der Waals surface area (Å²) in [4.78, 5) is 36.9. The van der Waals surface area contributed by atoms with E-state index in [-0.39, 0.29) is 30.4 Å². The van der Waals surface area contributed by atoms with Gasteiger partial charge in [-0.25, -0.2) is 0 Å². The van der Waals surface area contributed by atoms with Crippen molar-refractivity contribution in [2.24, 2.45) is 11.8 Å². The van der Waals surface area contributed by atoms with Crippen molar-refractivity contribution in [3.63, 3.8) is 0 Å². The predicted octanol–water partition coefficient (Wildman–Crippen LogP) is 4.06. The number of nitrogens with one attached hydrogen (secondary N) is 2. The van der Waals surface area contributed by atoms with Gasteiger partial charge in [0, 0.05) is 6.04 Å². The largest absolute Gasteiger partial charge is 0.455 e. The van der Waals surface area contributed by atoms with Gasteiger partial charge >= 0.3 is 5.97 Å². The highest BCUT2D eigenvalue weighted by atomic mass is 16.5. The number of hydrogen-bond donors (Lipinski definition) is 2. The number of benzene rings is 1. The highest BCUT2D eigenvalue weighted by molar-refractivity contribution is 6.04. The minimum atomic E-state index is -0.429. The van der Waals surface area contributed by atoms with Crippen LogP contribution in [0.15, 0.2) is 24.3 Å². The molecule has 2 saturated carbocycles. The van der Waals surface area contributed by atoms with E-state index in [0.29, 0.717) is 11.3 Å². The molecule has 2 aliphatic rings. The summed E-state index contributed by atoms with van der Waals surface area (Å²) >= 11 is 0. The SMILES string of the molecule is CCCCC1CCC(C(=O)OCC(=O)Nc2ccccc2C(=O)NC2CC2)CC1. The number of ether oxygens (including phenoxy) is 1. The first-order valence-electron chi connectivity index (χ1n) is 10.9. The molecule has 2 fully saturated rings. The fraction of sp³-hybridized carbons (Fsp3) is 0.609. The molecule has 29 heavy (non-hydrogen) atoms. The number of anilines is 1. The summed E-state index contributed by atoms with van der Waals surface area (Å²) in [6.07, 6.45) is 9.52. The Kier molecular flexibility index (Phi) is 7.67. The van der Waals surface area contributed by atoms with Gasteiger partial charge in [-0.05, 0) is 56.6 Å². The summed E-state index contributed by atoms with van der Waals surface area (Å²) in [6, 6.07) is 7.11. The molecule has 0 bridgehead atoms. The molecule has 0 aliphatic heterocycles. The van der Waals surface area contributed by atoms with Gasteiger partial charge in [0.25, 0.3) is 11.8 Å². The molecule has 158 valence electrons. The van der Waals surface area contributed by atoms with Gasteiger partial charge in [-0.15, -0.1) is 0 Å². The third-order valence-corrected chi connectivity index (χ3v) is 5.85. The Bertz CT molecular complexity index is 721. The standard InChI is InChI=1S/C23H32N2O4/c1-2-3-6-16-9-11-17(12-10-16)23(28)29-15-21(26)25-20-8-5-4-7-19(20)22(27)24-18-13-14-18/h4-5,7-8,16-18H,2-3,6,9-15H2,1H3,(H,24,27)(H,25,26). The minimum absolute atomic E-state index is 0.0997. The van der Waals surface area contributed by atoms with Gasteiger partial charge in [0.1, 0.15) is 0 Å². The van der Waals surface area contributed by atoms with Gasteiger partial charge in [0.15, 0.2) is 6.61 Å². The van der Waals surface area contributed by atoms with E-state index in [4.69, 9.17) is 4.74 Å². The van der Waals surface area contributed by atoms with Gasteiger partial charge < -0.3 is 15.4 Å². The Morgan fingerprint density at radius 3 is 2.45 bits per heavy atom. The molecule has 0 saturated heterocycles. The lowest BCUT2D eigenvalue weighted by molar-refractivity contribution is -0.152. The first kappa shape index (κ1) is 21.3. The Labute approximate surface area is 172 Å². The van der Waals surface area contributed by atoms with Crippen molar-refractivity contribution in [2.45, 2.75) is 70.8 Å². The van der Waals surface area contributed by atoms with Crippen molar-refractivity contribution >= 4 is 23.5 Å². The Morgan fingerprint density at radius 1 is 1.03 bits per heavy atom. The molecule has 2 aliphatic carbocycles. The molecular formula is C23H32N2O4. The van der Waals surface area contributed by atoms with Crippen LogP contribution in [0.4, 0.5) is 5.69 Å². The lowest BCUT2D eigenvalue weighted by atomic mass is 9.80. The van der Waals surface area contributed by atoms with E-state index in [2.05, 4.69) is 17.6 Å². The van der Waals surface area contributed by atoms with Crippen LogP contribution < -0.4 is 10.6 Å². The van der Waals surface area contributed by atoms with Crippen LogP contribution in [0.3, 0.4) is 0 Å². The monoisotopic (exact) mass is 400 g/mol. The topological polar surface area (TPSA) is 84.5 Å². The molecular weight excluding hydrogens is 368 g/mol. The highest BCUT2D eigenvalue weighted by Crippen LogP contribution is 2.32. The maximum absolute atomic E-state index is 12.3.